The SMILES string of the molecule is CN1CCCC1COc1nc(C(=O)O)c(N)c(N2CCN(C(=O)OCc3ccccc3)CC2)n1. The molecule has 11 nitrogen and oxygen atoms in total. The third-order valence-electron chi connectivity index (χ3n) is 6.23. The summed E-state index contributed by atoms with van der Waals surface area (Å²) in [6.07, 6.45) is 1.71. The van der Waals surface area contributed by atoms with Crippen LogP contribution in [0.2, 0.25) is 0 Å². The molecule has 1 aromatic carbocycles. The largest absolute Gasteiger partial charge is 0.476 e. The molecule has 0 aliphatic carbocycles. The Morgan fingerprint density at radius 1 is 1.12 bits per heavy atom. The van der Waals surface area contributed by atoms with Gasteiger partial charge in [0.15, 0.2) is 11.5 Å². The van der Waals surface area contributed by atoms with Crippen LogP contribution in [0, 0.1) is 0 Å². The van der Waals surface area contributed by atoms with Crippen LogP contribution in [0.4, 0.5) is 16.3 Å². The van der Waals surface area contributed by atoms with Crippen molar-refractivity contribution in [2.75, 3.05) is 57.0 Å². The highest BCUT2D eigenvalue weighted by molar-refractivity contribution is 5.94. The Kier molecular flexibility index (Phi) is 7.31. The molecule has 2 fully saturated rings. The third kappa shape index (κ3) is 5.48. The highest BCUT2D eigenvalue weighted by atomic mass is 16.6. The lowest BCUT2D eigenvalue weighted by Crippen LogP contribution is -2.49. The topological polar surface area (TPSA) is 134 Å². The molecule has 0 spiro atoms. The molecule has 34 heavy (non-hydrogen) atoms. The number of nitrogens with two attached hydrogens (primary N) is 1. The number of ether oxygens (including phenoxy) is 2. The lowest BCUT2D eigenvalue weighted by atomic mass is 10.2. The summed E-state index contributed by atoms with van der Waals surface area (Å²) in [6.45, 7) is 3.21. The fraction of sp³-hybridized carbons (Fsp3) is 0.478. The minimum Gasteiger partial charge on any atom is -0.476 e. The number of amides is 1. The number of carboxylic acid groups (broad SMARTS) is 1. The number of carboxylic acids is 1. The third-order valence-corrected chi connectivity index (χ3v) is 6.23. The number of piperazine rings is 1. The van der Waals surface area contributed by atoms with Crippen molar-refractivity contribution < 1.29 is 24.2 Å². The Bertz CT molecular complexity index is 1010. The molecule has 0 bridgehead atoms. The monoisotopic (exact) mass is 470 g/mol. The number of aromatic nitrogens is 2. The Balaban J connectivity index is 1.39. The summed E-state index contributed by atoms with van der Waals surface area (Å²) >= 11 is 0. The number of aromatic carboxylic acids is 1. The molecule has 182 valence electrons. The molecule has 2 aliphatic heterocycles. The van der Waals surface area contributed by atoms with E-state index in [2.05, 4.69) is 14.9 Å². The van der Waals surface area contributed by atoms with Gasteiger partial charge in [0.2, 0.25) is 0 Å². The number of likely N-dealkylation sites (N-methyl/N-ethyl adjacent to an activating group) is 1. The fourth-order valence-electron chi connectivity index (χ4n) is 4.18. The van der Waals surface area contributed by atoms with Crippen molar-refractivity contribution in [3.63, 3.8) is 0 Å². The van der Waals surface area contributed by atoms with Crippen LogP contribution in [0.3, 0.4) is 0 Å². The molecule has 3 N–H and O–H groups in total. The van der Waals surface area contributed by atoms with E-state index in [0.717, 1.165) is 24.9 Å². The Labute approximate surface area is 198 Å². The first-order chi connectivity index (χ1) is 16.4. The molecule has 1 amide bonds. The van der Waals surface area contributed by atoms with Crippen LogP contribution in [0.25, 0.3) is 0 Å². The van der Waals surface area contributed by atoms with E-state index in [1.54, 1.807) is 4.90 Å². The van der Waals surface area contributed by atoms with Gasteiger partial charge in [0, 0.05) is 32.2 Å². The van der Waals surface area contributed by atoms with E-state index in [1.165, 1.54) is 0 Å². The van der Waals surface area contributed by atoms with Crippen LogP contribution in [0.15, 0.2) is 30.3 Å². The smallest absolute Gasteiger partial charge is 0.410 e. The first kappa shape index (κ1) is 23.6. The molecule has 2 aliphatic rings. The summed E-state index contributed by atoms with van der Waals surface area (Å²) in [5, 5.41) is 9.58. The number of benzene rings is 1. The maximum absolute atomic E-state index is 12.4. The summed E-state index contributed by atoms with van der Waals surface area (Å²) in [5.41, 5.74) is 6.73. The van der Waals surface area contributed by atoms with Gasteiger partial charge in [-0.05, 0) is 32.0 Å². The van der Waals surface area contributed by atoms with E-state index in [-0.39, 0.29) is 30.0 Å². The number of hydrogen-bond acceptors (Lipinski definition) is 9. The van der Waals surface area contributed by atoms with E-state index in [9.17, 15) is 14.7 Å². The van der Waals surface area contributed by atoms with Crippen molar-refractivity contribution >= 4 is 23.6 Å². The molecule has 2 saturated heterocycles. The van der Waals surface area contributed by atoms with E-state index in [0.29, 0.717) is 38.6 Å². The van der Waals surface area contributed by atoms with E-state index in [4.69, 9.17) is 15.2 Å². The predicted octanol–water partition coefficient (Wildman–Crippen LogP) is 1.69. The summed E-state index contributed by atoms with van der Waals surface area (Å²) in [6, 6.07) is 9.71. The van der Waals surface area contributed by atoms with Gasteiger partial charge in [-0.2, -0.15) is 9.97 Å². The van der Waals surface area contributed by atoms with Crippen molar-refractivity contribution in [1.82, 2.24) is 19.8 Å². The number of nitrogen functional groups attached to an aromatic ring is 1. The molecule has 1 aromatic heterocycles. The minimum atomic E-state index is -1.24. The van der Waals surface area contributed by atoms with E-state index in [1.807, 2.05) is 42.3 Å². The number of rotatable bonds is 7. The van der Waals surface area contributed by atoms with Crippen molar-refractivity contribution in [2.45, 2.75) is 25.5 Å². The van der Waals surface area contributed by atoms with Gasteiger partial charge in [-0.25, -0.2) is 9.59 Å². The first-order valence-electron chi connectivity index (χ1n) is 11.4. The average Bonchev–Trinajstić information content (AvgIpc) is 3.27. The van der Waals surface area contributed by atoms with Gasteiger partial charge in [-0.1, -0.05) is 30.3 Å². The molecular weight excluding hydrogens is 440 g/mol. The van der Waals surface area contributed by atoms with Crippen LogP contribution >= 0.6 is 0 Å². The molecule has 1 atom stereocenters. The summed E-state index contributed by atoms with van der Waals surface area (Å²) in [4.78, 5) is 38.3. The predicted molar refractivity (Wildman–Crippen MR) is 125 cm³/mol. The zero-order valence-corrected chi connectivity index (χ0v) is 19.2. The van der Waals surface area contributed by atoms with Gasteiger partial charge in [0.1, 0.15) is 18.9 Å². The Hall–Kier alpha value is -3.60. The summed E-state index contributed by atoms with van der Waals surface area (Å²) < 4.78 is 11.2. The fourth-order valence-corrected chi connectivity index (χ4v) is 4.18. The molecule has 2 aromatic rings. The number of anilines is 2. The summed E-state index contributed by atoms with van der Waals surface area (Å²) in [7, 11) is 2.03. The lowest BCUT2D eigenvalue weighted by Gasteiger charge is -2.35. The maximum atomic E-state index is 12.4. The molecule has 1 unspecified atom stereocenters. The molecular formula is C23H30N6O5. The Morgan fingerprint density at radius 3 is 2.50 bits per heavy atom. The maximum Gasteiger partial charge on any atom is 0.410 e. The van der Waals surface area contributed by atoms with Crippen molar-refractivity contribution in [1.29, 1.82) is 0 Å². The second-order valence-corrected chi connectivity index (χ2v) is 8.50. The number of carbonyl (C=O) groups is 2. The van der Waals surface area contributed by atoms with Gasteiger partial charge in [0.25, 0.3) is 0 Å². The quantitative estimate of drug-likeness (QED) is 0.615. The van der Waals surface area contributed by atoms with Crippen LogP contribution < -0.4 is 15.4 Å². The van der Waals surface area contributed by atoms with Crippen LogP contribution in [-0.2, 0) is 11.3 Å². The zero-order chi connectivity index (χ0) is 24.1. The summed E-state index contributed by atoms with van der Waals surface area (Å²) in [5.74, 6) is -0.938. The van der Waals surface area contributed by atoms with Gasteiger partial charge in [0.05, 0.1) is 0 Å². The van der Waals surface area contributed by atoms with Crippen molar-refractivity contribution in [2.24, 2.45) is 0 Å². The normalized spacial score (nSPS) is 18.7. The van der Waals surface area contributed by atoms with E-state index >= 15 is 0 Å². The van der Waals surface area contributed by atoms with Crippen molar-refractivity contribution in [3.05, 3.63) is 41.6 Å². The van der Waals surface area contributed by atoms with E-state index < -0.39 is 12.1 Å². The molecule has 3 heterocycles. The minimum absolute atomic E-state index is 0.00778. The van der Waals surface area contributed by atoms with Crippen LogP contribution in [0.5, 0.6) is 6.01 Å². The average molecular weight is 471 g/mol. The van der Waals surface area contributed by atoms with Crippen molar-refractivity contribution in [3.8, 4) is 6.01 Å². The highest BCUT2D eigenvalue weighted by Gasteiger charge is 2.28. The van der Waals surface area contributed by atoms with Gasteiger partial charge < -0.3 is 35.0 Å². The molecule has 4 rings (SSSR count). The number of nitrogens with zero attached hydrogens (tertiary/aromatic N) is 5. The van der Waals surface area contributed by atoms with Gasteiger partial charge in [-0.3, -0.25) is 0 Å². The second kappa shape index (κ2) is 10.6. The zero-order valence-electron chi connectivity index (χ0n) is 19.2. The Morgan fingerprint density at radius 2 is 1.85 bits per heavy atom. The molecule has 0 saturated carbocycles. The second-order valence-electron chi connectivity index (χ2n) is 8.50. The number of carbonyl (C=O) groups excluding carboxylic acids is 1. The first-order valence-corrected chi connectivity index (χ1v) is 11.4. The highest BCUT2D eigenvalue weighted by Crippen LogP contribution is 2.28. The van der Waals surface area contributed by atoms with Crippen LogP contribution in [-0.4, -0.2) is 89.4 Å². The van der Waals surface area contributed by atoms with Gasteiger partial charge >= 0.3 is 18.1 Å². The number of likely N-dealkylation sites (tertiary alicyclic amines) is 1. The lowest BCUT2D eigenvalue weighted by molar-refractivity contribution is 0.0689. The standard InChI is InChI=1S/C23H30N6O5/c1-27-9-5-8-17(27)15-33-22-25-19(21(30)31)18(24)20(26-22)28-10-12-29(13-11-28)23(32)34-14-16-6-3-2-4-7-16/h2-4,6-7,17H,5,8-15,24H2,1H3,(H,30,31). The molecule has 11 heteroatoms. The van der Waals surface area contributed by atoms with Gasteiger partial charge in [-0.15, -0.1) is 0 Å². The van der Waals surface area contributed by atoms with Crippen LogP contribution in [0.1, 0.15) is 28.9 Å². The molecule has 0 radical (unpaired) electrons. The number of hydrogen-bond donors (Lipinski definition) is 2.